The van der Waals surface area contributed by atoms with Gasteiger partial charge in [0, 0.05) is 26.2 Å². The Kier molecular flexibility index (Phi) is 5.36. The van der Waals surface area contributed by atoms with E-state index in [9.17, 15) is 14.7 Å². The van der Waals surface area contributed by atoms with Crippen molar-refractivity contribution in [1.82, 2.24) is 14.9 Å². The number of carboxylic acids is 1. The number of hydrogen-bond donors (Lipinski definition) is 2. The summed E-state index contributed by atoms with van der Waals surface area (Å²) in [6, 6.07) is 0.987. The van der Waals surface area contributed by atoms with E-state index in [1.54, 1.807) is 18.0 Å². The zero-order valence-electron chi connectivity index (χ0n) is 13.7. The molecule has 0 radical (unpaired) electrons. The van der Waals surface area contributed by atoms with Crippen LogP contribution in [0.1, 0.15) is 20.3 Å². The Morgan fingerprint density at radius 1 is 1.39 bits per heavy atom. The highest BCUT2D eigenvalue weighted by molar-refractivity contribution is 5.82. The number of amides is 1. The van der Waals surface area contributed by atoms with Crippen LogP contribution in [0.2, 0.25) is 0 Å². The number of carbonyl (C=O) groups is 2. The molecule has 1 aliphatic rings. The van der Waals surface area contributed by atoms with E-state index in [1.165, 1.54) is 6.33 Å². The van der Waals surface area contributed by atoms with Crippen molar-refractivity contribution in [1.29, 1.82) is 0 Å². The normalized spacial score (nSPS) is 16.6. The van der Waals surface area contributed by atoms with Gasteiger partial charge in [-0.25, -0.2) is 14.8 Å². The van der Waals surface area contributed by atoms with Gasteiger partial charge in [0.15, 0.2) is 0 Å². The van der Waals surface area contributed by atoms with Crippen molar-refractivity contribution in [3.63, 3.8) is 0 Å². The second-order valence-corrected chi connectivity index (χ2v) is 6.16. The van der Waals surface area contributed by atoms with Crippen molar-refractivity contribution < 1.29 is 14.7 Å². The molecule has 126 valence electrons. The van der Waals surface area contributed by atoms with Crippen molar-refractivity contribution >= 4 is 23.5 Å². The fourth-order valence-electron chi connectivity index (χ4n) is 2.42. The lowest BCUT2D eigenvalue weighted by molar-refractivity contribution is -0.138. The second-order valence-electron chi connectivity index (χ2n) is 6.16. The van der Waals surface area contributed by atoms with E-state index < -0.39 is 12.0 Å². The summed E-state index contributed by atoms with van der Waals surface area (Å²) in [4.78, 5) is 35.0. The summed E-state index contributed by atoms with van der Waals surface area (Å²) >= 11 is 0. The van der Waals surface area contributed by atoms with Crippen molar-refractivity contribution in [2.45, 2.75) is 26.3 Å². The minimum absolute atomic E-state index is 0.0348. The molecule has 0 aromatic carbocycles. The SMILES string of the molecule is CC(C)C[C@H](Nc1cc(N2CCN(C)C(=O)C2)ncn1)C(=O)O. The van der Waals surface area contributed by atoms with Gasteiger partial charge >= 0.3 is 5.97 Å². The molecule has 0 aliphatic carbocycles. The molecule has 0 bridgehead atoms. The molecule has 23 heavy (non-hydrogen) atoms. The zero-order valence-corrected chi connectivity index (χ0v) is 13.7. The highest BCUT2D eigenvalue weighted by Crippen LogP contribution is 2.18. The van der Waals surface area contributed by atoms with Crippen molar-refractivity contribution in [3.8, 4) is 0 Å². The van der Waals surface area contributed by atoms with Crippen LogP contribution >= 0.6 is 0 Å². The third-order valence-electron chi connectivity index (χ3n) is 3.76. The standard InChI is InChI=1S/C15H23N5O3/c1-10(2)6-11(15(22)23)18-12-7-13(17-9-16-12)20-5-4-19(3)14(21)8-20/h7,9-11H,4-6,8H2,1-3H3,(H,22,23)(H,16,17,18)/t11-/m0/s1. The highest BCUT2D eigenvalue weighted by Gasteiger charge is 2.23. The number of hydrogen-bond acceptors (Lipinski definition) is 6. The lowest BCUT2D eigenvalue weighted by Crippen LogP contribution is -2.48. The molecule has 1 aliphatic heterocycles. The maximum Gasteiger partial charge on any atom is 0.326 e. The highest BCUT2D eigenvalue weighted by atomic mass is 16.4. The van der Waals surface area contributed by atoms with Crippen LogP contribution in [0.4, 0.5) is 11.6 Å². The molecular formula is C15H23N5O3. The number of nitrogens with one attached hydrogen (secondary N) is 1. The van der Waals surface area contributed by atoms with Crippen molar-refractivity contribution in [3.05, 3.63) is 12.4 Å². The number of carboxylic acid groups (broad SMARTS) is 1. The molecule has 1 saturated heterocycles. The van der Waals surface area contributed by atoms with Gasteiger partial charge in [0.05, 0.1) is 6.54 Å². The number of piperazine rings is 1. The Bertz CT molecular complexity index is 578. The number of likely N-dealkylation sites (N-methyl/N-ethyl adjacent to an activating group) is 1. The molecule has 1 aromatic rings. The van der Waals surface area contributed by atoms with Crippen molar-refractivity contribution in [2.75, 3.05) is 36.9 Å². The Hall–Kier alpha value is -2.38. The summed E-state index contributed by atoms with van der Waals surface area (Å²) in [6.45, 7) is 5.53. The molecule has 2 rings (SSSR count). The molecule has 1 aromatic heterocycles. The van der Waals surface area contributed by atoms with Crippen LogP contribution in [0, 0.1) is 5.92 Å². The quantitative estimate of drug-likeness (QED) is 0.794. The van der Waals surface area contributed by atoms with Crippen LogP contribution in [0.3, 0.4) is 0 Å². The van der Waals surface area contributed by atoms with E-state index in [4.69, 9.17) is 0 Å². The monoisotopic (exact) mass is 321 g/mol. The van der Waals surface area contributed by atoms with E-state index in [-0.39, 0.29) is 18.4 Å². The Morgan fingerprint density at radius 3 is 2.74 bits per heavy atom. The fourth-order valence-corrected chi connectivity index (χ4v) is 2.42. The minimum Gasteiger partial charge on any atom is -0.480 e. The second kappa shape index (κ2) is 7.26. The molecule has 0 spiro atoms. The maximum atomic E-state index is 11.8. The molecule has 8 heteroatoms. The van der Waals surface area contributed by atoms with Gasteiger partial charge in [-0.05, 0) is 12.3 Å². The van der Waals surface area contributed by atoms with Crippen LogP contribution in [0.25, 0.3) is 0 Å². The summed E-state index contributed by atoms with van der Waals surface area (Å²) in [5, 5.41) is 12.2. The van der Waals surface area contributed by atoms with Crippen LogP contribution in [0.5, 0.6) is 0 Å². The summed E-state index contributed by atoms with van der Waals surface area (Å²) < 4.78 is 0. The van der Waals surface area contributed by atoms with Gasteiger partial charge in [0.25, 0.3) is 0 Å². The molecule has 1 amide bonds. The van der Waals surface area contributed by atoms with Gasteiger partial charge in [0.1, 0.15) is 24.0 Å². The number of aliphatic carboxylic acids is 1. The smallest absolute Gasteiger partial charge is 0.326 e. The Morgan fingerprint density at radius 2 is 2.13 bits per heavy atom. The average molecular weight is 321 g/mol. The molecule has 1 fully saturated rings. The first kappa shape index (κ1) is 17.0. The Labute approximate surface area is 135 Å². The molecule has 2 heterocycles. The first-order valence-electron chi connectivity index (χ1n) is 7.67. The predicted octanol–water partition coefficient (Wildman–Crippen LogP) is 0.666. The number of carbonyl (C=O) groups excluding carboxylic acids is 1. The third kappa shape index (κ3) is 4.54. The van der Waals surface area contributed by atoms with Crippen molar-refractivity contribution in [2.24, 2.45) is 5.92 Å². The van der Waals surface area contributed by atoms with Crippen LogP contribution in [-0.4, -0.2) is 64.6 Å². The molecule has 8 nitrogen and oxygen atoms in total. The van der Waals surface area contributed by atoms with Gasteiger partial charge in [-0.3, -0.25) is 4.79 Å². The van der Waals surface area contributed by atoms with Gasteiger partial charge in [-0.2, -0.15) is 0 Å². The lowest BCUT2D eigenvalue weighted by atomic mass is 10.0. The van der Waals surface area contributed by atoms with Crippen LogP contribution in [0.15, 0.2) is 12.4 Å². The summed E-state index contributed by atoms with van der Waals surface area (Å²) in [7, 11) is 1.77. The number of rotatable bonds is 6. The largest absolute Gasteiger partial charge is 0.480 e. The molecule has 2 N–H and O–H groups in total. The molecule has 0 unspecified atom stereocenters. The van der Waals surface area contributed by atoms with Gasteiger partial charge < -0.3 is 20.2 Å². The van der Waals surface area contributed by atoms with E-state index in [2.05, 4.69) is 15.3 Å². The Balaban J connectivity index is 2.10. The van der Waals surface area contributed by atoms with E-state index in [1.807, 2.05) is 18.7 Å². The first-order valence-corrected chi connectivity index (χ1v) is 7.67. The molecular weight excluding hydrogens is 298 g/mol. The van der Waals surface area contributed by atoms with E-state index >= 15 is 0 Å². The molecule has 1 atom stereocenters. The lowest BCUT2D eigenvalue weighted by Gasteiger charge is -2.32. The number of aromatic nitrogens is 2. The van der Waals surface area contributed by atoms with Gasteiger partial charge in [0.2, 0.25) is 5.91 Å². The molecule has 0 saturated carbocycles. The van der Waals surface area contributed by atoms with Gasteiger partial charge in [-0.15, -0.1) is 0 Å². The average Bonchev–Trinajstić information content (AvgIpc) is 2.49. The zero-order chi connectivity index (χ0) is 17.0. The van der Waals surface area contributed by atoms with E-state index in [0.717, 1.165) is 0 Å². The number of anilines is 2. The first-order chi connectivity index (χ1) is 10.9. The van der Waals surface area contributed by atoms with Crippen LogP contribution in [-0.2, 0) is 9.59 Å². The topological polar surface area (TPSA) is 98.7 Å². The third-order valence-corrected chi connectivity index (χ3v) is 3.76. The van der Waals surface area contributed by atoms with E-state index in [0.29, 0.717) is 31.1 Å². The number of nitrogens with zero attached hydrogens (tertiary/aromatic N) is 4. The summed E-state index contributed by atoms with van der Waals surface area (Å²) in [5.41, 5.74) is 0. The fraction of sp³-hybridized carbons (Fsp3) is 0.600. The van der Waals surface area contributed by atoms with Gasteiger partial charge in [-0.1, -0.05) is 13.8 Å². The maximum absolute atomic E-state index is 11.8. The summed E-state index contributed by atoms with van der Waals surface area (Å²) in [6.07, 6.45) is 1.89. The predicted molar refractivity (Wildman–Crippen MR) is 86.4 cm³/mol. The summed E-state index contributed by atoms with van der Waals surface area (Å²) in [5.74, 6) is 0.452. The minimum atomic E-state index is -0.909. The van der Waals surface area contributed by atoms with Crippen LogP contribution < -0.4 is 10.2 Å².